The monoisotopic (exact) mass is 263 g/mol. The maximum atomic E-state index is 13.1. The van der Waals surface area contributed by atoms with E-state index in [0.717, 1.165) is 11.1 Å². The van der Waals surface area contributed by atoms with Gasteiger partial charge in [-0.1, -0.05) is 0 Å². The second-order valence-electron chi connectivity index (χ2n) is 4.06. The summed E-state index contributed by atoms with van der Waals surface area (Å²) in [5.74, 6) is -0.373. The van der Waals surface area contributed by atoms with E-state index >= 15 is 0 Å². The van der Waals surface area contributed by atoms with Gasteiger partial charge in [-0.3, -0.25) is 0 Å². The molecule has 0 atom stereocenters. The molecule has 0 aliphatic heterocycles. The van der Waals surface area contributed by atoms with E-state index in [1.807, 2.05) is 0 Å². The van der Waals surface area contributed by atoms with E-state index in [1.54, 1.807) is 27.0 Å². The minimum Gasteiger partial charge on any atom is -0.460 e. The third kappa shape index (κ3) is 2.62. The molecule has 0 N–H and O–H groups in total. The number of carbonyl (C=O) groups is 1. The van der Waals surface area contributed by atoms with Crippen molar-refractivity contribution in [1.29, 1.82) is 0 Å². The quantitative estimate of drug-likeness (QED) is 0.796. The average Bonchev–Trinajstić information content (AvgIpc) is 2.72. The number of ether oxygens (including phenoxy) is 1. The fourth-order valence-corrected chi connectivity index (χ4v) is 1.78. The number of aromatic nitrogens is 3. The average molecular weight is 263 g/mol. The van der Waals surface area contributed by atoms with Gasteiger partial charge >= 0.3 is 5.97 Å². The highest BCUT2D eigenvalue weighted by atomic mass is 19.1. The number of nitrogens with zero attached hydrogens (tertiary/aromatic N) is 3. The first-order valence-corrected chi connectivity index (χ1v) is 5.87. The molecule has 2 aromatic rings. The number of carbonyl (C=O) groups excluding carboxylic acids is 1. The third-order valence-corrected chi connectivity index (χ3v) is 2.65. The maximum Gasteiger partial charge on any atom is 0.378 e. The van der Waals surface area contributed by atoms with E-state index in [2.05, 4.69) is 10.1 Å². The Morgan fingerprint density at radius 3 is 2.84 bits per heavy atom. The molecule has 1 heterocycles. The van der Waals surface area contributed by atoms with Crippen LogP contribution in [0.5, 0.6) is 0 Å². The van der Waals surface area contributed by atoms with Crippen molar-refractivity contribution in [3.63, 3.8) is 0 Å². The molecular weight excluding hydrogens is 249 g/mol. The molecular formula is C13H14FN3O2. The molecule has 5 nitrogen and oxygen atoms in total. The first-order valence-electron chi connectivity index (χ1n) is 5.87. The van der Waals surface area contributed by atoms with Gasteiger partial charge in [0.15, 0.2) is 5.82 Å². The number of hydrogen-bond donors (Lipinski definition) is 0. The Labute approximate surface area is 110 Å². The van der Waals surface area contributed by atoms with Crippen LogP contribution in [0.2, 0.25) is 0 Å². The summed E-state index contributed by atoms with van der Waals surface area (Å²) in [6.07, 6.45) is 0. The van der Waals surface area contributed by atoms with Crippen molar-refractivity contribution in [1.82, 2.24) is 14.8 Å². The van der Waals surface area contributed by atoms with Crippen molar-refractivity contribution in [2.45, 2.75) is 13.8 Å². The molecule has 0 aliphatic carbocycles. The topological polar surface area (TPSA) is 57.0 Å². The second kappa shape index (κ2) is 5.17. The van der Waals surface area contributed by atoms with Crippen molar-refractivity contribution in [3.05, 3.63) is 35.4 Å². The van der Waals surface area contributed by atoms with Gasteiger partial charge < -0.3 is 4.74 Å². The van der Waals surface area contributed by atoms with Crippen LogP contribution in [0.25, 0.3) is 11.4 Å². The zero-order valence-corrected chi connectivity index (χ0v) is 11.0. The number of hydrogen-bond acceptors (Lipinski definition) is 4. The van der Waals surface area contributed by atoms with E-state index in [4.69, 9.17) is 4.74 Å². The van der Waals surface area contributed by atoms with Crippen LogP contribution in [0, 0.1) is 12.7 Å². The van der Waals surface area contributed by atoms with Crippen LogP contribution >= 0.6 is 0 Å². The van der Waals surface area contributed by atoms with Crippen LogP contribution in [0.1, 0.15) is 23.1 Å². The SMILES string of the molecule is CCOC(=O)c1nc(-c2ccc(F)cc2C)n(C)n1. The lowest BCUT2D eigenvalue weighted by molar-refractivity contribution is 0.0512. The molecule has 2 rings (SSSR count). The maximum absolute atomic E-state index is 13.1. The zero-order valence-electron chi connectivity index (χ0n) is 11.0. The lowest BCUT2D eigenvalue weighted by Crippen LogP contribution is -2.07. The molecule has 100 valence electrons. The summed E-state index contributed by atoms with van der Waals surface area (Å²) in [7, 11) is 1.67. The molecule has 1 aromatic heterocycles. The van der Waals surface area contributed by atoms with Gasteiger partial charge in [-0.05, 0) is 37.6 Å². The summed E-state index contributed by atoms with van der Waals surface area (Å²) in [4.78, 5) is 15.7. The minimum atomic E-state index is -0.566. The predicted octanol–water partition coefficient (Wildman–Crippen LogP) is 2.11. The Morgan fingerprint density at radius 1 is 1.47 bits per heavy atom. The molecule has 0 radical (unpaired) electrons. The van der Waals surface area contributed by atoms with E-state index < -0.39 is 5.97 Å². The van der Waals surface area contributed by atoms with E-state index in [9.17, 15) is 9.18 Å². The third-order valence-electron chi connectivity index (χ3n) is 2.65. The number of aryl methyl sites for hydroxylation is 2. The summed E-state index contributed by atoms with van der Waals surface area (Å²) in [5, 5.41) is 4.01. The molecule has 6 heteroatoms. The van der Waals surface area contributed by atoms with Crippen LogP contribution in [0.4, 0.5) is 4.39 Å². The second-order valence-corrected chi connectivity index (χ2v) is 4.06. The molecule has 0 saturated heterocycles. The first-order chi connectivity index (χ1) is 9.02. The summed E-state index contributed by atoms with van der Waals surface area (Å²) in [5.41, 5.74) is 1.46. The van der Waals surface area contributed by atoms with Gasteiger partial charge in [-0.2, -0.15) is 0 Å². The highest BCUT2D eigenvalue weighted by molar-refractivity contribution is 5.85. The van der Waals surface area contributed by atoms with Crippen LogP contribution < -0.4 is 0 Å². The first kappa shape index (κ1) is 13.2. The largest absolute Gasteiger partial charge is 0.460 e. The molecule has 0 bridgehead atoms. The molecule has 0 aliphatic rings. The molecule has 0 fully saturated rings. The number of benzene rings is 1. The van der Waals surface area contributed by atoms with Crippen molar-refractivity contribution >= 4 is 5.97 Å². The minimum absolute atomic E-state index is 0.00285. The van der Waals surface area contributed by atoms with E-state index in [0.29, 0.717) is 5.82 Å². The van der Waals surface area contributed by atoms with Crippen molar-refractivity contribution in [2.24, 2.45) is 7.05 Å². The highest BCUT2D eigenvalue weighted by Gasteiger charge is 2.17. The van der Waals surface area contributed by atoms with E-state index in [1.165, 1.54) is 16.8 Å². The van der Waals surface area contributed by atoms with Gasteiger partial charge in [0.1, 0.15) is 5.82 Å². The summed E-state index contributed by atoms with van der Waals surface area (Å²) in [6, 6.07) is 4.37. The summed E-state index contributed by atoms with van der Waals surface area (Å²) in [6.45, 7) is 3.75. The van der Waals surface area contributed by atoms with Crippen LogP contribution in [-0.2, 0) is 11.8 Å². The van der Waals surface area contributed by atoms with Crippen molar-refractivity contribution < 1.29 is 13.9 Å². The zero-order chi connectivity index (χ0) is 14.0. The number of halogens is 1. The normalized spacial score (nSPS) is 10.5. The van der Waals surface area contributed by atoms with Gasteiger partial charge in [0, 0.05) is 12.6 Å². The predicted molar refractivity (Wildman–Crippen MR) is 67.1 cm³/mol. The smallest absolute Gasteiger partial charge is 0.378 e. The fraction of sp³-hybridized carbons (Fsp3) is 0.308. The lowest BCUT2D eigenvalue weighted by Gasteiger charge is -2.04. The summed E-state index contributed by atoms with van der Waals surface area (Å²) < 4.78 is 19.4. The Balaban J connectivity index is 2.43. The Hall–Kier alpha value is -2.24. The van der Waals surface area contributed by atoms with Gasteiger partial charge in [-0.25, -0.2) is 18.9 Å². The van der Waals surface area contributed by atoms with Crippen LogP contribution in [0.15, 0.2) is 18.2 Å². The molecule has 0 unspecified atom stereocenters. The molecule has 0 spiro atoms. The van der Waals surface area contributed by atoms with Gasteiger partial charge in [0.25, 0.3) is 5.82 Å². The molecule has 0 amide bonds. The Kier molecular flexibility index (Phi) is 3.59. The Bertz CT molecular complexity index is 622. The Morgan fingerprint density at radius 2 is 2.21 bits per heavy atom. The van der Waals surface area contributed by atoms with Gasteiger partial charge in [0.05, 0.1) is 6.61 Å². The van der Waals surface area contributed by atoms with Gasteiger partial charge in [-0.15, -0.1) is 5.10 Å². The highest BCUT2D eigenvalue weighted by Crippen LogP contribution is 2.22. The molecule has 1 aromatic carbocycles. The van der Waals surface area contributed by atoms with Crippen molar-refractivity contribution in [3.8, 4) is 11.4 Å². The number of rotatable bonds is 3. The van der Waals surface area contributed by atoms with Gasteiger partial charge in [0.2, 0.25) is 0 Å². The van der Waals surface area contributed by atoms with Crippen molar-refractivity contribution in [2.75, 3.05) is 6.61 Å². The number of esters is 1. The summed E-state index contributed by atoms with van der Waals surface area (Å²) >= 11 is 0. The molecule has 19 heavy (non-hydrogen) atoms. The van der Waals surface area contributed by atoms with Crippen LogP contribution in [0.3, 0.4) is 0 Å². The molecule has 0 saturated carbocycles. The standard InChI is InChI=1S/C13H14FN3O2/c1-4-19-13(18)11-15-12(17(3)16-11)10-6-5-9(14)7-8(10)2/h5-7H,4H2,1-3H3. The van der Waals surface area contributed by atoms with Crippen LogP contribution in [-0.4, -0.2) is 27.3 Å². The lowest BCUT2D eigenvalue weighted by atomic mass is 10.1. The van der Waals surface area contributed by atoms with E-state index in [-0.39, 0.29) is 18.2 Å². The fourth-order valence-electron chi connectivity index (χ4n) is 1.78.